The number of aryl methyl sites for hydroxylation is 2. The van der Waals surface area contributed by atoms with Gasteiger partial charge in [0.05, 0.1) is 31.4 Å². The van der Waals surface area contributed by atoms with Gasteiger partial charge in [-0.05, 0) is 43.2 Å². The molecule has 0 aromatic carbocycles. The second-order valence-corrected chi connectivity index (χ2v) is 9.08. The van der Waals surface area contributed by atoms with Gasteiger partial charge in [-0.1, -0.05) is 22.6 Å². The van der Waals surface area contributed by atoms with Gasteiger partial charge in [0.1, 0.15) is 11.2 Å². The van der Waals surface area contributed by atoms with Crippen molar-refractivity contribution in [2.24, 2.45) is 0 Å². The number of carbonyl (C=O) groups excluding carboxylic acids is 2. The molecule has 0 fully saturated rings. The summed E-state index contributed by atoms with van der Waals surface area (Å²) in [7, 11) is 0. The number of alkyl halides is 1. The number of hydrogen-bond donors (Lipinski definition) is 2. The van der Waals surface area contributed by atoms with Crippen LogP contribution in [0.15, 0.2) is 48.9 Å². The van der Waals surface area contributed by atoms with Gasteiger partial charge in [-0.2, -0.15) is 0 Å². The lowest BCUT2D eigenvalue weighted by Gasteiger charge is -2.06. The van der Waals surface area contributed by atoms with Gasteiger partial charge < -0.3 is 10.6 Å². The number of rotatable bonds is 11. The van der Waals surface area contributed by atoms with E-state index in [-0.39, 0.29) is 37.5 Å². The molecule has 2 amide bonds. The number of nitrogens with one attached hydrogen (secondary N) is 2. The quantitative estimate of drug-likeness (QED) is 0.314. The fraction of sp³-hybridized carbons (Fsp3) is 0.304. The maximum Gasteiger partial charge on any atom is 0.273 e. The third-order valence-corrected chi connectivity index (χ3v) is 5.91. The number of hydrogen-bond acceptors (Lipinski definition) is 9. The zero-order valence-corrected chi connectivity index (χ0v) is 20.3. The second-order valence-electron chi connectivity index (χ2n) is 8.02. The number of aromatic nitrogens is 7. The van der Waals surface area contributed by atoms with Crippen LogP contribution in [-0.4, -0.2) is 53.1 Å². The first kappa shape index (κ1) is 25.0. The highest BCUT2D eigenvalue weighted by Crippen LogP contribution is 2.18. The van der Waals surface area contributed by atoms with Crippen molar-refractivity contribution >= 4 is 28.3 Å². The van der Waals surface area contributed by atoms with E-state index in [0.29, 0.717) is 22.3 Å². The summed E-state index contributed by atoms with van der Waals surface area (Å²) < 4.78 is 15.8. The largest absolute Gasteiger partial charge is 0.345 e. The normalized spacial score (nSPS) is 11.7. The molecule has 4 aromatic rings. The Morgan fingerprint density at radius 3 is 2.78 bits per heavy atom. The molecule has 0 unspecified atom stereocenters. The van der Waals surface area contributed by atoms with Gasteiger partial charge in [0, 0.05) is 24.5 Å². The van der Waals surface area contributed by atoms with E-state index in [1.165, 1.54) is 22.2 Å². The van der Waals surface area contributed by atoms with Crippen molar-refractivity contribution in [3.63, 3.8) is 0 Å². The van der Waals surface area contributed by atoms with E-state index in [2.05, 4.69) is 41.1 Å². The predicted molar refractivity (Wildman–Crippen MR) is 130 cm³/mol. The van der Waals surface area contributed by atoms with Crippen LogP contribution in [-0.2, 0) is 30.7 Å². The Bertz CT molecular complexity index is 1310. The Morgan fingerprint density at radius 1 is 1.11 bits per heavy atom. The zero-order chi connectivity index (χ0) is 25.3. The summed E-state index contributed by atoms with van der Waals surface area (Å²) >= 11 is 1.20. The van der Waals surface area contributed by atoms with Gasteiger partial charge >= 0.3 is 0 Å². The van der Waals surface area contributed by atoms with E-state index in [1.807, 2.05) is 25.1 Å². The van der Waals surface area contributed by atoms with E-state index in [1.54, 1.807) is 24.5 Å². The molecule has 36 heavy (non-hydrogen) atoms. The molecule has 11 nitrogen and oxygen atoms in total. The van der Waals surface area contributed by atoms with Crippen LogP contribution < -0.4 is 10.6 Å². The standard InChI is InChI=1S/C23H24FN9O2S/c1-15-7-9-26-18(10-15)12-27-22(35)19-14-33(32-29-19)13-16(24)5-6-21-30-31-23(36-21)28-20(34)11-17-4-2-3-8-25-17/h2-4,7-10,14,16H,5-6,11-13H2,1H3,(H,27,35)(H,28,31,34)/t16-/m1/s1. The number of halogens is 1. The number of amides is 2. The zero-order valence-electron chi connectivity index (χ0n) is 19.5. The summed E-state index contributed by atoms with van der Waals surface area (Å²) in [4.78, 5) is 32.7. The van der Waals surface area contributed by atoms with Crippen LogP contribution in [0.25, 0.3) is 0 Å². The van der Waals surface area contributed by atoms with Crippen molar-refractivity contribution in [2.45, 2.75) is 45.4 Å². The highest BCUT2D eigenvalue weighted by molar-refractivity contribution is 7.15. The monoisotopic (exact) mass is 509 g/mol. The van der Waals surface area contributed by atoms with Crippen LogP contribution in [0.3, 0.4) is 0 Å². The number of carbonyl (C=O) groups is 2. The Balaban J connectivity index is 1.20. The van der Waals surface area contributed by atoms with E-state index in [0.717, 1.165) is 11.3 Å². The van der Waals surface area contributed by atoms with Crippen molar-refractivity contribution in [3.8, 4) is 0 Å². The van der Waals surface area contributed by atoms with Crippen LogP contribution in [0.1, 0.15) is 38.9 Å². The molecular formula is C23H24FN9O2S. The smallest absolute Gasteiger partial charge is 0.273 e. The Hall–Kier alpha value is -4.13. The SMILES string of the molecule is Cc1ccnc(CNC(=O)c2cn(C[C@H](F)CCc3nnc(NC(=O)Cc4ccccn4)s3)nn2)c1. The predicted octanol–water partition coefficient (Wildman–Crippen LogP) is 2.31. The Morgan fingerprint density at radius 2 is 1.97 bits per heavy atom. The fourth-order valence-corrected chi connectivity index (χ4v) is 4.03. The summed E-state index contributed by atoms with van der Waals surface area (Å²) in [5.74, 6) is -0.660. The Labute approximate surface area is 210 Å². The molecule has 4 heterocycles. The van der Waals surface area contributed by atoms with Crippen LogP contribution in [0.5, 0.6) is 0 Å². The lowest BCUT2D eigenvalue weighted by Crippen LogP contribution is -2.23. The van der Waals surface area contributed by atoms with Crippen LogP contribution in [0, 0.1) is 6.92 Å². The first-order valence-electron chi connectivity index (χ1n) is 11.2. The minimum absolute atomic E-state index is 0.0494. The topological polar surface area (TPSA) is 140 Å². The average molecular weight is 510 g/mol. The van der Waals surface area contributed by atoms with Crippen molar-refractivity contribution in [1.29, 1.82) is 0 Å². The third-order valence-electron chi connectivity index (χ3n) is 5.01. The van der Waals surface area contributed by atoms with E-state index in [4.69, 9.17) is 0 Å². The summed E-state index contributed by atoms with van der Waals surface area (Å²) in [5, 5.41) is 22.0. The third kappa shape index (κ3) is 7.43. The van der Waals surface area contributed by atoms with Crippen LogP contribution >= 0.6 is 11.3 Å². The maximum absolute atomic E-state index is 14.5. The van der Waals surface area contributed by atoms with Gasteiger partial charge in [-0.25, -0.2) is 9.07 Å². The fourth-order valence-electron chi connectivity index (χ4n) is 3.26. The molecule has 4 aromatic heterocycles. The molecule has 13 heteroatoms. The maximum atomic E-state index is 14.5. The van der Waals surface area contributed by atoms with Gasteiger partial charge in [0.25, 0.3) is 5.91 Å². The summed E-state index contributed by atoms with van der Waals surface area (Å²) in [6, 6.07) is 9.10. The van der Waals surface area contributed by atoms with Gasteiger partial charge in [0.2, 0.25) is 11.0 Å². The summed E-state index contributed by atoms with van der Waals surface area (Å²) in [6.07, 6.45) is 4.13. The Kier molecular flexibility index (Phi) is 8.34. The first-order chi connectivity index (χ1) is 17.4. The lowest BCUT2D eigenvalue weighted by molar-refractivity contribution is -0.115. The van der Waals surface area contributed by atoms with Crippen molar-refractivity contribution in [3.05, 3.63) is 76.6 Å². The van der Waals surface area contributed by atoms with Gasteiger partial charge in [-0.3, -0.25) is 19.6 Å². The molecule has 4 rings (SSSR count). The van der Waals surface area contributed by atoms with E-state index in [9.17, 15) is 14.0 Å². The molecule has 0 aliphatic rings. The molecule has 0 bridgehead atoms. The molecule has 1 atom stereocenters. The molecule has 186 valence electrons. The molecule has 0 spiro atoms. The van der Waals surface area contributed by atoms with Gasteiger partial charge in [0.15, 0.2) is 5.69 Å². The van der Waals surface area contributed by atoms with E-state index < -0.39 is 12.1 Å². The van der Waals surface area contributed by atoms with Crippen molar-refractivity contribution in [2.75, 3.05) is 5.32 Å². The highest BCUT2D eigenvalue weighted by atomic mass is 32.1. The molecular weight excluding hydrogens is 485 g/mol. The number of anilines is 1. The molecule has 0 aliphatic carbocycles. The van der Waals surface area contributed by atoms with Crippen LogP contribution in [0.2, 0.25) is 0 Å². The van der Waals surface area contributed by atoms with Gasteiger partial charge in [-0.15, -0.1) is 15.3 Å². The molecule has 2 N–H and O–H groups in total. The highest BCUT2D eigenvalue weighted by Gasteiger charge is 2.16. The summed E-state index contributed by atoms with van der Waals surface area (Å²) in [5.41, 5.74) is 2.53. The van der Waals surface area contributed by atoms with E-state index >= 15 is 0 Å². The first-order valence-corrected chi connectivity index (χ1v) is 12.0. The molecule has 0 saturated heterocycles. The average Bonchev–Trinajstić information content (AvgIpc) is 3.51. The molecule has 0 saturated carbocycles. The number of pyridine rings is 2. The van der Waals surface area contributed by atoms with Crippen molar-refractivity contribution in [1.82, 2.24) is 40.5 Å². The second kappa shape index (κ2) is 12.0. The molecule has 0 radical (unpaired) electrons. The lowest BCUT2D eigenvalue weighted by atomic mass is 10.2. The van der Waals surface area contributed by atoms with Crippen LogP contribution in [0.4, 0.5) is 9.52 Å². The molecule has 0 aliphatic heterocycles. The number of nitrogens with zero attached hydrogens (tertiary/aromatic N) is 7. The van der Waals surface area contributed by atoms with Crippen molar-refractivity contribution < 1.29 is 14.0 Å². The minimum atomic E-state index is -1.23. The summed E-state index contributed by atoms with van der Waals surface area (Å²) in [6.45, 7) is 2.15. The minimum Gasteiger partial charge on any atom is -0.345 e.